The van der Waals surface area contributed by atoms with Crippen LogP contribution >= 0.6 is 38.9 Å². The summed E-state index contributed by atoms with van der Waals surface area (Å²) in [5.41, 5.74) is 23.6. The summed E-state index contributed by atoms with van der Waals surface area (Å²) in [6.07, 6.45) is 14.6. The van der Waals surface area contributed by atoms with Crippen molar-refractivity contribution in [1.82, 2.24) is 63.9 Å². The number of ether oxygens (including phenoxy) is 12. The smallest absolute Gasteiger partial charge is 0.341 e. The number of nitrogens with zero attached hydrogens (tertiary/aromatic N) is 12. The molecule has 0 bridgehead atoms. The van der Waals surface area contributed by atoms with Gasteiger partial charge < -0.3 is 68.3 Å². The summed E-state index contributed by atoms with van der Waals surface area (Å²) in [6, 6.07) is 38.3. The van der Waals surface area contributed by atoms with Crippen molar-refractivity contribution in [2.24, 2.45) is 0 Å². The number of aromatic nitrogens is 13. The third kappa shape index (κ3) is 28.6. The molecule has 0 amide bonds. The van der Waals surface area contributed by atoms with Crippen LogP contribution in [0.2, 0.25) is 0 Å². The number of aromatic amines is 2. The lowest BCUT2D eigenvalue weighted by atomic mass is 10.0. The number of carbonyl (C=O) groups excluding carboxylic acids is 4. The van der Waals surface area contributed by atoms with Crippen LogP contribution in [-0.4, -0.2) is 185 Å². The normalized spacial score (nSPS) is 10.4. The summed E-state index contributed by atoms with van der Waals surface area (Å²) >= 11 is 13.8. The number of hydrogen-bond donors (Lipinski definition) is 4. The number of esters is 3. The minimum atomic E-state index is -3.22. The number of Topliss-reactive ketones (excluding diaryl/α,β-unsaturated/α-hetero) is 1. The van der Waals surface area contributed by atoms with Gasteiger partial charge in [-0.05, 0) is 147 Å². The minimum absolute atomic E-state index is 0.103. The third-order valence-corrected chi connectivity index (χ3v) is 15.8. The molecule has 12 rings (SSSR count). The van der Waals surface area contributed by atoms with Gasteiger partial charge in [0, 0.05) is 166 Å². The van der Waals surface area contributed by atoms with Crippen molar-refractivity contribution in [1.29, 1.82) is 5.26 Å². The molecule has 618 valence electrons. The van der Waals surface area contributed by atoms with Gasteiger partial charge in [-0.2, -0.15) is 30.8 Å². The molecule has 0 spiro atoms. The van der Waals surface area contributed by atoms with Crippen LogP contribution in [0.1, 0.15) is 70.1 Å². The Hall–Kier alpha value is -12.3. The molecule has 0 saturated heterocycles. The lowest BCUT2D eigenvalue weighted by Crippen LogP contribution is -2.24. The number of H-pyrrole nitrogens is 2. The van der Waals surface area contributed by atoms with Crippen molar-refractivity contribution < 1.29 is 80.6 Å². The van der Waals surface area contributed by atoms with Crippen LogP contribution in [0.15, 0.2) is 176 Å². The summed E-state index contributed by atoms with van der Waals surface area (Å²) in [6.45, 7) is 9.06. The highest BCUT2D eigenvalue weighted by molar-refractivity contribution is 8.24. The monoisotopic (exact) mass is 1680 g/mol. The van der Waals surface area contributed by atoms with Crippen LogP contribution < -0.4 is 40.7 Å². The molecule has 0 aliphatic rings. The second-order valence-corrected chi connectivity index (χ2v) is 30.1. The van der Waals surface area contributed by atoms with Gasteiger partial charge in [0.15, 0.2) is 24.0 Å². The average molecular weight is 1680 g/mol. The molecule has 7 aromatic heterocycles. The maximum atomic E-state index is 12.2. The van der Waals surface area contributed by atoms with Gasteiger partial charge in [0.1, 0.15) is 52.1 Å². The summed E-state index contributed by atoms with van der Waals surface area (Å²) in [5.74, 6) is 2.03. The summed E-state index contributed by atoms with van der Waals surface area (Å²) < 4.78 is 77.9. The molecule has 0 atom stereocenters. The SMILES string of the molecule is CCOC(=O)CC(C)=O.COC(=O)c1ccc(-n2cccn2)cc1OC.COC(=O)c1ccc(N)cc1OC.COC(CC(OC)OC)OC.COc1cc(-n2cccn2)ccc1-c1c(C)[nH]n2c(=O)cc(C)nc12.COc1cc(-n2cccn2)ccc1-c1c(N)n[nH]c1C.COc1cc(-n2cccn2)ccc1CC#N.O=P(Cl)(Cl)Cl. The molecule has 0 aliphatic heterocycles. The number of nitrogens with one attached hydrogen (secondary N) is 2. The molecule has 0 unspecified atom stereocenters. The van der Waals surface area contributed by atoms with Crippen LogP contribution in [0.4, 0.5) is 11.5 Å². The molecule has 0 radical (unpaired) electrons. The average Bonchev–Trinajstić information content (AvgIpc) is 1.62. The van der Waals surface area contributed by atoms with Gasteiger partial charge in [-0.1, -0.05) is 6.07 Å². The molecule has 0 saturated carbocycles. The number of carbonyl (C=O) groups is 4. The van der Waals surface area contributed by atoms with Gasteiger partial charge in [0.2, 0.25) is 0 Å². The van der Waals surface area contributed by atoms with Gasteiger partial charge >= 0.3 is 23.1 Å². The Morgan fingerprint density at radius 3 is 1.34 bits per heavy atom. The lowest BCUT2D eigenvalue weighted by Gasteiger charge is -2.18. The van der Waals surface area contributed by atoms with Crippen LogP contribution in [0.25, 0.3) is 50.7 Å². The number of nitriles is 1. The van der Waals surface area contributed by atoms with Crippen LogP contribution in [0, 0.1) is 32.1 Å². The van der Waals surface area contributed by atoms with E-state index in [-0.39, 0.29) is 30.3 Å². The largest absolute Gasteiger partial charge is 0.496 e. The molecule has 34 nitrogen and oxygen atoms in total. The van der Waals surface area contributed by atoms with E-state index in [0.29, 0.717) is 70.7 Å². The number of nitrogens with two attached hydrogens (primary N) is 2. The zero-order valence-electron chi connectivity index (χ0n) is 66.6. The fraction of sp³-hybridized carbons (Fsp3) is 0.282. The minimum Gasteiger partial charge on any atom is -0.496 e. The number of anilines is 2. The highest BCUT2D eigenvalue weighted by Gasteiger charge is 2.21. The molecule has 6 N–H and O–H groups in total. The number of nitrogen functional groups attached to an aromatic ring is 2. The molecule has 7 heterocycles. The summed E-state index contributed by atoms with van der Waals surface area (Å²) in [5, 5.41) is 32.1. The fourth-order valence-corrected chi connectivity index (χ4v) is 10.5. The van der Waals surface area contributed by atoms with Crippen molar-refractivity contribution in [3.8, 4) is 79.8 Å². The molecular formula is C78H92Cl3N16O18P. The Labute approximate surface area is 683 Å². The molecule has 0 fully saturated rings. The van der Waals surface area contributed by atoms with Gasteiger partial charge in [-0.25, -0.2) is 37.8 Å². The van der Waals surface area contributed by atoms with Gasteiger partial charge in [-0.3, -0.25) is 29.1 Å². The number of ketones is 1. The van der Waals surface area contributed by atoms with E-state index in [1.54, 1.807) is 137 Å². The predicted octanol–water partition coefficient (Wildman–Crippen LogP) is 13.3. The van der Waals surface area contributed by atoms with Crippen molar-refractivity contribution in [3.05, 3.63) is 215 Å². The Kier molecular flexibility index (Phi) is 39.0. The molecule has 116 heavy (non-hydrogen) atoms. The van der Waals surface area contributed by atoms with Gasteiger partial charge in [0.25, 0.3) is 5.56 Å². The van der Waals surface area contributed by atoms with Crippen molar-refractivity contribution in [2.75, 3.05) is 96.3 Å². The second-order valence-electron chi connectivity index (χ2n) is 23.5. The van der Waals surface area contributed by atoms with E-state index in [2.05, 4.69) is 94.7 Å². The number of methoxy groups -OCH3 is 11. The topological polar surface area (TPSA) is 422 Å². The van der Waals surface area contributed by atoms with Gasteiger partial charge in [-0.15, -0.1) is 0 Å². The lowest BCUT2D eigenvalue weighted by molar-refractivity contribution is -0.178. The predicted molar refractivity (Wildman–Crippen MR) is 438 cm³/mol. The number of benzene rings is 5. The van der Waals surface area contributed by atoms with E-state index in [4.69, 9.17) is 59.4 Å². The number of halogens is 3. The third-order valence-electron chi connectivity index (χ3n) is 15.8. The Morgan fingerprint density at radius 2 is 0.957 bits per heavy atom. The maximum Gasteiger partial charge on any atom is 0.341 e. The standard InChI is InChI=1S/C18H17N5O2.C14H15N5O.C12H11N3O.C12H12N2O3.C9H11NO3.C7H16O4.C6H10O3.Cl3OP/c1-11-9-16(24)23-18(20-11)17(12(2)21-23)14-6-5-13(10-15(14)25-3)22-8-4-7-19-22;1-9-13(14(15)18-17-9)11-5-4-10(8-12(11)20-2)19-7-3-6-16-19;1-16-12-9-11(15-8-2-7-14-15)4-3-10(12)5-6-13;1-16-11-8-9(14-7-3-6-13-14)4-5-10(11)12(15)17-2;1-12-8-5-6(10)3-4-7(8)9(11)13-2;1-8-6(9-2)5-7(10-3)11-4;1-3-9-6(8)4-5(2)7;1-5(2,3)4/h4-10,21H,1-3H3;3-8H,1-2H3,(H3,15,17,18);2-4,7-9H,5H2,1H3;3-8H,1-2H3;3-5H,10H2,1-2H3;6-7H,5H2,1-4H3;3-4H2,1-2H3;. The summed E-state index contributed by atoms with van der Waals surface area (Å²) in [7, 11) is 16.8. The van der Waals surface area contributed by atoms with Gasteiger partial charge in [0.05, 0.1) is 97.2 Å². The maximum absolute atomic E-state index is 12.2. The van der Waals surface area contributed by atoms with E-state index in [9.17, 15) is 28.5 Å². The van der Waals surface area contributed by atoms with Crippen LogP contribution in [-0.2, 0) is 53.7 Å². The van der Waals surface area contributed by atoms with E-state index < -0.39 is 23.1 Å². The highest BCUT2D eigenvalue weighted by atomic mass is 36.0. The highest BCUT2D eigenvalue weighted by Crippen LogP contribution is 2.61. The summed E-state index contributed by atoms with van der Waals surface area (Å²) in [4.78, 5) is 60.0. The van der Waals surface area contributed by atoms with E-state index in [0.717, 1.165) is 73.5 Å². The first kappa shape index (κ1) is 94.3. The molecule has 0 aliphatic carbocycles. The van der Waals surface area contributed by atoms with Crippen LogP contribution in [0.5, 0.6) is 28.7 Å². The molecule has 38 heteroatoms. The zero-order valence-corrected chi connectivity index (χ0v) is 69.8. The van der Waals surface area contributed by atoms with E-state index in [1.807, 2.05) is 124 Å². The quantitative estimate of drug-likeness (QED) is 0.0115. The number of aryl methyl sites for hydroxylation is 3. The number of fused-ring (bicyclic) bond motifs is 1. The Morgan fingerprint density at radius 1 is 0.552 bits per heavy atom. The van der Waals surface area contributed by atoms with E-state index in [1.165, 1.54) is 45.9 Å². The first-order valence-corrected chi connectivity index (χ1v) is 39.0. The molecule has 5 aromatic carbocycles. The second kappa shape index (κ2) is 48.0. The first-order valence-electron chi connectivity index (χ1n) is 34.6. The van der Waals surface area contributed by atoms with Crippen molar-refractivity contribution in [3.63, 3.8) is 0 Å². The zero-order chi connectivity index (χ0) is 85.6. The fourth-order valence-electron chi connectivity index (χ4n) is 10.5. The number of hydrogen-bond acceptors (Lipinski definition) is 27. The van der Waals surface area contributed by atoms with E-state index >= 15 is 0 Å². The van der Waals surface area contributed by atoms with Crippen molar-refractivity contribution in [2.45, 2.75) is 66.5 Å². The Bertz CT molecular complexity index is 5180. The first-order chi connectivity index (χ1) is 55.5. The Balaban J connectivity index is 0.000000244. The number of rotatable bonds is 23. The van der Waals surface area contributed by atoms with Crippen molar-refractivity contribution >= 4 is 79.8 Å². The molecular weight excluding hydrogens is 1590 g/mol. The van der Waals surface area contributed by atoms with Crippen LogP contribution in [0.3, 0.4) is 0 Å². The molecule has 12 aromatic rings.